The zero-order valence-corrected chi connectivity index (χ0v) is 7.43. The molecule has 0 bridgehead atoms. The SMILES string of the molecule is COc1ncc(C2(O)COC2)s1. The van der Waals surface area contributed by atoms with Crippen molar-refractivity contribution in [3.8, 4) is 5.19 Å². The number of ether oxygens (including phenoxy) is 2. The summed E-state index contributed by atoms with van der Waals surface area (Å²) < 4.78 is 9.84. The second-order valence-corrected chi connectivity index (χ2v) is 3.71. The van der Waals surface area contributed by atoms with Gasteiger partial charge in [-0.05, 0) is 0 Å². The van der Waals surface area contributed by atoms with Crippen molar-refractivity contribution in [1.29, 1.82) is 0 Å². The van der Waals surface area contributed by atoms with E-state index in [0.717, 1.165) is 4.88 Å². The van der Waals surface area contributed by atoms with Crippen molar-refractivity contribution in [2.45, 2.75) is 5.60 Å². The monoisotopic (exact) mass is 187 g/mol. The zero-order chi connectivity index (χ0) is 8.60. The van der Waals surface area contributed by atoms with Crippen molar-refractivity contribution in [3.63, 3.8) is 0 Å². The molecular formula is C7H9NO3S. The van der Waals surface area contributed by atoms with E-state index >= 15 is 0 Å². The first-order chi connectivity index (χ1) is 5.74. The predicted molar refractivity (Wildman–Crippen MR) is 43.4 cm³/mol. The maximum absolute atomic E-state index is 9.78. The van der Waals surface area contributed by atoms with Gasteiger partial charge in [0.05, 0.1) is 25.2 Å². The summed E-state index contributed by atoms with van der Waals surface area (Å²) in [4.78, 5) is 4.77. The fourth-order valence-corrected chi connectivity index (χ4v) is 1.80. The largest absolute Gasteiger partial charge is 0.473 e. The molecule has 0 radical (unpaired) electrons. The fraction of sp³-hybridized carbons (Fsp3) is 0.571. The van der Waals surface area contributed by atoms with Gasteiger partial charge in [0, 0.05) is 6.20 Å². The lowest BCUT2D eigenvalue weighted by molar-refractivity contribution is -0.182. The summed E-state index contributed by atoms with van der Waals surface area (Å²) in [6, 6.07) is 0. The first-order valence-corrected chi connectivity index (χ1v) is 4.37. The summed E-state index contributed by atoms with van der Waals surface area (Å²) in [6.07, 6.45) is 1.63. The molecule has 1 saturated heterocycles. The van der Waals surface area contributed by atoms with Crippen LogP contribution in [0.2, 0.25) is 0 Å². The van der Waals surface area contributed by atoms with Gasteiger partial charge in [0.15, 0.2) is 0 Å². The molecule has 1 aliphatic heterocycles. The second-order valence-electron chi connectivity index (χ2n) is 2.72. The minimum atomic E-state index is -0.811. The van der Waals surface area contributed by atoms with Crippen LogP contribution in [-0.4, -0.2) is 30.4 Å². The standard InChI is InChI=1S/C7H9NO3S/c1-10-6-8-2-5(12-6)7(9)3-11-4-7/h2,9H,3-4H2,1H3. The van der Waals surface area contributed by atoms with Crippen LogP contribution in [0.5, 0.6) is 5.19 Å². The molecule has 0 aliphatic carbocycles. The molecule has 0 atom stereocenters. The summed E-state index contributed by atoms with van der Waals surface area (Å²) in [6.45, 7) is 0.719. The molecule has 2 heterocycles. The Kier molecular flexibility index (Phi) is 1.79. The topological polar surface area (TPSA) is 51.6 Å². The van der Waals surface area contributed by atoms with Gasteiger partial charge in [0.25, 0.3) is 5.19 Å². The number of nitrogens with zero attached hydrogens (tertiary/aromatic N) is 1. The van der Waals surface area contributed by atoms with Crippen molar-refractivity contribution >= 4 is 11.3 Å². The van der Waals surface area contributed by atoms with Gasteiger partial charge >= 0.3 is 0 Å². The maximum atomic E-state index is 9.78. The van der Waals surface area contributed by atoms with E-state index in [9.17, 15) is 5.11 Å². The van der Waals surface area contributed by atoms with Crippen molar-refractivity contribution in [3.05, 3.63) is 11.1 Å². The third-order valence-corrected chi connectivity index (χ3v) is 2.95. The number of hydrogen-bond acceptors (Lipinski definition) is 5. The highest BCUT2D eigenvalue weighted by atomic mass is 32.1. The van der Waals surface area contributed by atoms with E-state index in [-0.39, 0.29) is 0 Å². The molecule has 1 aromatic rings. The van der Waals surface area contributed by atoms with Gasteiger partial charge in [-0.15, -0.1) is 0 Å². The molecule has 0 unspecified atom stereocenters. The molecule has 1 fully saturated rings. The van der Waals surface area contributed by atoms with Crippen LogP contribution in [0.25, 0.3) is 0 Å². The van der Waals surface area contributed by atoms with Crippen molar-refractivity contribution < 1.29 is 14.6 Å². The second kappa shape index (κ2) is 2.69. The minimum absolute atomic E-state index is 0.359. The van der Waals surface area contributed by atoms with Gasteiger partial charge in [0.1, 0.15) is 5.60 Å². The zero-order valence-electron chi connectivity index (χ0n) is 6.61. The molecule has 1 aromatic heterocycles. The lowest BCUT2D eigenvalue weighted by atomic mass is 10.0. The molecule has 0 saturated carbocycles. The first kappa shape index (κ1) is 7.97. The van der Waals surface area contributed by atoms with Crippen LogP contribution < -0.4 is 4.74 Å². The maximum Gasteiger partial charge on any atom is 0.273 e. The number of aliphatic hydroxyl groups is 1. The lowest BCUT2D eigenvalue weighted by Gasteiger charge is -2.34. The average molecular weight is 187 g/mol. The third-order valence-electron chi connectivity index (χ3n) is 1.80. The van der Waals surface area contributed by atoms with E-state index in [0.29, 0.717) is 18.4 Å². The van der Waals surface area contributed by atoms with Crippen molar-refractivity contribution in [1.82, 2.24) is 4.98 Å². The molecule has 12 heavy (non-hydrogen) atoms. The lowest BCUT2D eigenvalue weighted by Crippen LogP contribution is -2.45. The Morgan fingerprint density at radius 2 is 2.50 bits per heavy atom. The van der Waals surface area contributed by atoms with E-state index in [1.807, 2.05) is 0 Å². The summed E-state index contributed by atoms with van der Waals surface area (Å²) in [5.41, 5.74) is -0.811. The molecule has 0 aromatic carbocycles. The van der Waals surface area contributed by atoms with Gasteiger partial charge in [-0.25, -0.2) is 4.98 Å². The van der Waals surface area contributed by atoms with E-state index in [1.165, 1.54) is 11.3 Å². The Morgan fingerprint density at radius 3 is 2.92 bits per heavy atom. The number of methoxy groups -OCH3 is 1. The van der Waals surface area contributed by atoms with Gasteiger partial charge < -0.3 is 14.6 Å². The van der Waals surface area contributed by atoms with E-state index < -0.39 is 5.60 Å². The summed E-state index contributed by atoms with van der Waals surface area (Å²) in [5.74, 6) is 0. The summed E-state index contributed by atoms with van der Waals surface area (Å²) >= 11 is 1.35. The molecular weight excluding hydrogens is 178 g/mol. The van der Waals surface area contributed by atoms with Crippen LogP contribution in [0.15, 0.2) is 6.20 Å². The molecule has 0 amide bonds. The van der Waals surface area contributed by atoms with Gasteiger partial charge in [0.2, 0.25) is 0 Å². The Balaban J connectivity index is 2.22. The predicted octanol–water partition coefficient (Wildman–Crippen LogP) is 0.369. The Hall–Kier alpha value is -0.650. The van der Waals surface area contributed by atoms with Crippen LogP contribution in [0.1, 0.15) is 4.88 Å². The normalized spacial score (nSPS) is 20.2. The summed E-state index contributed by atoms with van der Waals surface area (Å²) in [5, 5.41) is 10.4. The highest BCUT2D eigenvalue weighted by molar-refractivity contribution is 7.13. The number of thiazole rings is 1. The highest BCUT2D eigenvalue weighted by Crippen LogP contribution is 2.35. The minimum Gasteiger partial charge on any atom is -0.473 e. The van der Waals surface area contributed by atoms with Crippen molar-refractivity contribution in [2.75, 3.05) is 20.3 Å². The molecule has 5 heteroatoms. The van der Waals surface area contributed by atoms with Crippen LogP contribution in [-0.2, 0) is 10.3 Å². The smallest absolute Gasteiger partial charge is 0.273 e. The molecule has 0 spiro atoms. The van der Waals surface area contributed by atoms with Gasteiger partial charge in [-0.2, -0.15) is 0 Å². The fourth-order valence-electron chi connectivity index (χ4n) is 1.01. The van der Waals surface area contributed by atoms with Crippen LogP contribution in [0, 0.1) is 0 Å². The Labute approximate surface area is 73.8 Å². The summed E-state index contributed by atoms with van der Waals surface area (Å²) in [7, 11) is 1.56. The Morgan fingerprint density at radius 1 is 1.75 bits per heavy atom. The number of rotatable bonds is 2. The van der Waals surface area contributed by atoms with Crippen LogP contribution in [0.3, 0.4) is 0 Å². The highest BCUT2D eigenvalue weighted by Gasteiger charge is 2.39. The quantitative estimate of drug-likeness (QED) is 0.726. The van der Waals surface area contributed by atoms with Crippen LogP contribution in [0.4, 0.5) is 0 Å². The van der Waals surface area contributed by atoms with Gasteiger partial charge in [-0.1, -0.05) is 11.3 Å². The van der Waals surface area contributed by atoms with Gasteiger partial charge in [-0.3, -0.25) is 0 Å². The molecule has 66 valence electrons. The van der Waals surface area contributed by atoms with E-state index in [1.54, 1.807) is 13.3 Å². The average Bonchev–Trinajstić information content (AvgIpc) is 2.48. The third kappa shape index (κ3) is 1.10. The Bertz CT molecular complexity index is 282. The first-order valence-electron chi connectivity index (χ1n) is 3.55. The molecule has 2 rings (SSSR count). The number of aromatic nitrogens is 1. The molecule has 4 nitrogen and oxygen atoms in total. The molecule has 1 N–H and O–H groups in total. The molecule has 1 aliphatic rings. The number of hydrogen-bond donors (Lipinski definition) is 1. The van der Waals surface area contributed by atoms with Crippen molar-refractivity contribution in [2.24, 2.45) is 0 Å². The van der Waals surface area contributed by atoms with E-state index in [4.69, 9.17) is 9.47 Å². The van der Waals surface area contributed by atoms with Crippen LogP contribution >= 0.6 is 11.3 Å². The van der Waals surface area contributed by atoms with E-state index in [2.05, 4.69) is 4.98 Å².